The van der Waals surface area contributed by atoms with E-state index in [0.717, 1.165) is 17.9 Å². The third-order valence-corrected chi connectivity index (χ3v) is 9.70. The lowest BCUT2D eigenvalue weighted by atomic mass is 9.98. The number of nitrogens with zero attached hydrogens (tertiary/aromatic N) is 2. The Hall–Kier alpha value is -2.55. The van der Waals surface area contributed by atoms with Crippen LogP contribution in [0.25, 0.3) is 6.08 Å². The van der Waals surface area contributed by atoms with Crippen molar-refractivity contribution in [2.45, 2.75) is 37.4 Å². The second-order valence-electron chi connectivity index (χ2n) is 9.80. The maximum atomic E-state index is 13.5. The molecular weight excluding hydrogens is 616 g/mol. The summed E-state index contributed by atoms with van der Waals surface area (Å²) in [5.74, 6) is -1.92. The summed E-state index contributed by atoms with van der Waals surface area (Å²) in [6.07, 6.45) is 3.45. The first-order chi connectivity index (χ1) is 19.4. The third kappa shape index (κ3) is 7.65. The number of likely N-dealkylation sites (tertiary alicyclic amines) is 2. The van der Waals surface area contributed by atoms with Gasteiger partial charge in [-0.15, -0.1) is 11.3 Å². The van der Waals surface area contributed by atoms with Gasteiger partial charge in [0.1, 0.15) is 5.82 Å². The maximum absolute atomic E-state index is 13.5. The molecule has 0 radical (unpaired) electrons. The van der Waals surface area contributed by atoms with Crippen molar-refractivity contribution in [2.75, 3.05) is 33.2 Å². The third-order valence-electron chi connectivity index (χ3n) is 7.08. The van der Waals surface area contributed by atoms with Gasteiger partial charge in [0.25, 0.3) is 11.8 Å². The Morgan fingerprint density at radius 3 is 2.66 bits per heavy atom. The second kappa shape index (κ2) is 13.2. The monoisotopic (exact) mass is 645 g/mol. The Bertz CT molecular complexity index is 1450. The van der Waals surface area contributed by atoms with Gasteiger partial charge in [-0.1, -0.05) is 23.2 Å². The van der Waals surface area contributed by atoms with Crippen LogP contribution in [0.2, 0.25) is 9.36 Å². The highest BCUT2D eigenvalue weighted by Crippen LogP contribution is 2.25. The fourth-order valence-corrected chi connectivity index (χ4v) is 7.37. The first-order valence-corrected chi connectivity index (χ1v) is 16.0. The minimum Gasteiger partial charge on any atom is -0.350 e. The number of nitrogens with one attached hydrogen (secondary N) is 3. The van der Waals surface area contributed by atoms with Gasteiger partial charge < -0.3 is 15.1 Å². The number of hydrogen-bond acceptors (Lipinski definition) is 7. The number of hydrogen-bond donors (Lipinski definition) is 3. The molecular formula is C26H30Cl2FN5O5S2. The van der Waals surface area contributed by atoms with E-state index in [1.54, 1.807) is 17.0 Å². The van der Waals surface area contributed by atoms with Crippen LogP contribution in [-0.4, -0.2) is 80.9 Å². The molecule has 0 unspecified atom stereocenters. The first kappa shape index (κ1) is 31.4. The lowest BCUT2D eigenvalue weighted by Gasteiger charge is -2.41. The van der Waals surface area contributed by atoms with Crippen molar-refractivity contribution in [2.24, 2.45) is 0 Å². The molecule has 0 bridgehead atoms. The molecule has 222 valence electrons. The van der Waals surface area contributed by atoms with Crippen LogP contribution in [0, 0.1) is 5.82 Å². The van der Waals surface area contributed by atoms with E-state index in [-0.39, 0.29) is 42.0 Å². The standard InChI is InChI=1S/C26H30Cl2FN5O5S2/c1-30-26(32-41(38,39)13-9-19-6-8-22(28)40-19)10-3-11-33(25(26)37)16-23(35)34-12-2-4-18(34)15-31-24(36)17-5-7-21(29)20(27)14-17/h5-9,13-14,18,30,32H,2-4,10-12,15-16H2,1H3,(H,31,36)/b13-9+/t18-,26+/m1/s1. The number of piperidine rings is 1. The minimum absolute atomic E-state index is 0.162. The predicted molar refractivity (Wildman–Crippen MR) is 157 cm³/mol. The number of halogens is 3. The van der Waals surface area contributed by atoms with Gasteiger partial charge in [-0.3, -0.25) is 19.7 Å². The van der Waals surface area contributed by atoms with E-state index in [1.807, 2.05) is 0 Å². The van der Waals surface area contributed by atoms with Gasteiger partial charge in [-0.05, 0) is 69.1 Å². The van der Waals surface area contributed by atoms with Crippen LogP contribution in [0.15, 0.2) is 35.7 Å². The average molecular weight is 647 g/mol. The Morgan fingerprint density at radius 2 is 1.98 bits per heavy atom. The Morgan fingerprint density at radius 1 is 1.20 bits per heavy atom. The zero-order chi connectivity index (χ0) is 29.8. The van der Waals surface area contributed by atoms with Gasteiger partial charge >= 0.3 is 0 Å². The first-order valence-electron chi connectivity index (χ1n) is 12.9. The number of amides is 3. The van der Waals surface area contributed by atoms with Crippen molar-refractivity contribution < 1.29 is 27.2 Å². The van der Waals surface area contributed by atoms with Crippen molar-refractivity contribution in [1.29, 1.82) is 0 Å². The van der Waals surface area contributed by atoms with Crippen LogP contribution in [0.3, 0.4) is 0 Å². The van der Waals surface area contributed by atoms with Gasteiger partial charge in [0.2, 0.25) is 15.9 Å². The lowest BCUT2D eigenvalue weighted by Crippen LogP contribution is -2.69. The molecule has 0 aliphatic carbocycles. The lowest BCUT2D eigenvalue weighted by molar-refractivity contribution is -0.148. The van der Waals surface area contributed by atoms with E-state index in [2.05, 4.69) is 15.4 Å². The quantitative estimate of drug-likeness (QED) is 0.341. The van der Waals surface area contributed by atoms with Crippen LogP contribution < -0.4 is 15.4 Å². The topological polar surface area (TPSA) is 128 Å². The molecule has 2 fully saturated rings. The second-order valence-corrected chi connectivity index (χ2v) is 13.5. The molecule has 41 heavy (non-hydrogen) atoms. The molecule has 4 rings (SSSR count). The van der Waals surface area contributed by atoms with E-state index < -0.39 is 33.3 Å². The normalized spacial score (nSPS) is 21.6. The molecule has 2 saturated heterocycles. The Balaban J connectivity index is 1.38. The summed E-state index contributed by atoms with van der Waals surface area (Å²) in [5, 5.41) is 6.41. The summed E-state index contributed by atoms with van der Waals surface area (Å²) in [6, 6.07) is 6.72. The minimum atomic E-state index is -4.04. The van der Waals surface area contributed by atoms with Gasteiger partial charge in [0.15, 0.2) is 5.66 Å². The molecule has 3 N–H and O–H groups in total. The summed E-state index contributed by atoms with van der Waals surface area (Å²) >= 11 is 12.9. The molecule has 2 aliphatic rings. The number of sulfonamides is 1. The van der Waals surface area contributed by atoms with Crippen molar-refractivity contribution >= 4 is 68.4 Å². The number of carbonyl (C=O) groups excluding carboxylic acids is 3. The molecule has 1 aromatic heterocycles. The summed E-state index contributed by atoms with van der Waals surface area (Å²) in [4.78, 5) is 43.0. The summed E-state index contributed by atoms with van der Waals surface area (Å²) in [5.41, 5.74) is -1.41. The highest BCUT2D eigenvalue weighted by Gasteiger charge is 2.46. The molecule has 0 spiro atoms. The SMILES string of the molecule is CN[C@]1(NS(=O)(=O)/C=C/c2ccc(Cl)s2)CCCN(CC(=O)N2CCC[C@@H]2CNC(=O)c2ccc(F)c(Cl)c2)C1=O. The van der Waals surface area contributed by atoms with Crippen molar-refractivity contribution in [1.82, 2.24) is 25.2 Å². The number of carbonyl (C=O) groups is 3. The van der Waals surface area contributed by atoms with E-state index in [9.17, 15) is 27.2 Å². The van der Waals surface area contributed by atoms with E-state index in [1.165, 1.54) is 41.5 Å². The molecule has 3 amide bonds. The molecule has 1 aromatic carbocycles. The van der Waals surface area contributed by atoms with Crippen LogP contribution in [0.4, 0.5) is 4.39 Å². The van der Waals surface area contributed by atoms with E-state index >= 15 is 0 Å². The molecule has 2 aliphatic heterocycles. The average Bonchev–Trinajstić information content (AvgIpc) is 3.58. The van der Waals surface area contributed by atoms with Crippen LogP contribution in [0.1, 0.15) is 40.9 Å². The van der Waals surface area contributed by atoms with Gasteiger partial charge in [0.05, 0.1) is 15.9 Å². The predicted octanol–water partition coefficient (Wildman–Crippen LogP) is 3.04. The van der Waals surface area contributed by atoms with Gasteiger partial charge in [-0.2, -0.15) is 4.72 Å². The number of thiophene rings is 1. The molecule has 10 nitrogen and oxygen atoms in total. The van der Waals surface area contributed by atoms with Gasteiger partial charge in [-0.25, -0.2) is 12.8 Å². The number of rotatable bonds is 10. The van der Waals surface area contributed by atoms with Crippen molar-refractivity contribution in [3.05, 3.63) is 61.4 Å². The van der Waals surface area contributed by atoms with E-state index in [0.29, 0.717) is 35.1 Å². The zero-order valence-corrected chi connectivity index (χ0v) is 25.3. The van der Waals surface area contributed by atoms with Crippen molar-refractivity contribution in [3.63, 3.8) is 0 Å². The highest BCUT2D eigenvalue weighted by molar-refractivity contribution is 7.92. The molecule has 15 heteroatoms. The van der Waals surface area contributed by atoms with Crippen LogP contribution in [0.5, 0.6) is 0 Å². The van der Waals surface area contributed by atoms with Gasteiger partial charge in [0, 0.05) is 41.5 Å². The smallest absolute Gasteiger partial charge is 0.259 e. The van der Waals surface area contributed by atoms with Crippen molar-refractivity contribution in [3.8, 4) is 0 Å². The fraction of sp³-hybridized carbons (Fsp3) is 0.423. The van der Waals surface area contributed by atoms with E-state index in [4.69, 9.17) is 23.2 Å². The summed E-state index contributed by atoms with van der Waals surface area (Å²) in [7, 11) is -2.55. The number of benzene rings is 1. The molecule has 2 atom stereocenters. The molecule has 2 aromatic rings. The largest absolute Gasteiger partial charge is 0.350 e. The highest BCUT2D eigenvalue weighted by atomic mass is 35.5. The van der Waals surface area contributed by atoms with Crippen LogP contribution in [-0.2, 0) is 19.6 Å². The number of likely N-dealkylation sites (N-methyl/N-ethyl adjacent to an activating group) is 1. The maximum Gasteiger partial charge on any atom is 0.259 e. The molecule has 0 saturated carbocycles. The Labute approximate surface area is 251 Å². The van der Waals surface area contributed by atoms with Crippen LogP contribution >= 0.6 is 34.5 Å². The summed E-state index contributed by atoms with van der Waals surface area (Å²) in [6.45, 7) is 0.700. The zero-order valence-electron chi connectivity index (χ0n) is 22.2. The summed E-state index contributed by atoms with van der Waals surface area (Å²) < 4.78 is 42.1. The Kier molecular flexibility index (Phi) is 10.1. The fourth-order valence-electron chi connectivity index (χ4n) is 4.97. The molecule has 3 heterocycles.